The lowest BCUT2D eigenvalue weighted by Gasteiger charge is -2.32. The van der Waals surface area contributed by atoms with Crippen LogP contribution in [0.25, 0.3) is 0 Å². The zero-order valence-corrected chi connectivity index (χ0v) is 18.5. The molecule has 2 amide bonds. The molecular formula is C24H31ClN2O2. The van der Waals surface area contributed by atoms with Crippen LogP contribution < -0.4 is 5.32 Å². The summed E-state index contributed by atoms with van der Waals surface area (Å²) in [6.45, 7) is 8.37. The minimum absolute atomic E-state index is 0.0693. The summed E-state index contributed by atoms with van der Waals surface area (Å²) in [5.41, 5.74) is 2.99. The molecule has 29 heavy (non-hydrogen) atoms. The molecule has 0 aliphatic carbocycles. The van der Waals surface area contributed by atoms with Gasteiger partial charge in [-0.2, -0.15) is 0 Å². The molecule has 1 N–H and O–H groups in total. The van der Waals surface area contributed by atoms with Crippen LogP contribution >= 0.6 is 11.6 Å². The Kier molecular flexibility index (Phi) is 8.71. The summed E-state index contributed by atoms with van der Waals surface area (Å²) in [7, 11) is 0. The number of carbonyl (C=O) groups is 2. The Morgan fingerprint density at radius 1 is 1.07 bits per heavy atom. The molecular weight excluding hydrogens is 384 g/mol. The number of benzene rings is 2. The van der Waals surface area contributed by atoms with E-state index in [4.69, 9.17) is 11.6 Å². The fourth-order valence-corrected chi connectivity index (χ4v) is 3.47. The minimum atomic E-state index is -0.518. The van der Waals surface area contributed by atoms with E-state index in [0.717, 1.165) is 23.1 Å². The van der Waals surface area contributed by atoms with E-state index < -0.39 is 6.04 Å². The van der Waals surface area contributed by atoms with Gasteiger partial charge >= 0.3 is 0 Å². The first-order valence-electron chi connectivity index (χ1n) is 10.2. The average molecular weight is 415 g/mol. The molecule has 0 saturated heterocycles. The monoisotopic (exact) mass is 414 g/mol. The van der Waals surface area contributed by atoms with Crippen molar-refractivity contribution in [2.24, 2.45) is 0 Å². The maximum atomic E-state index is 13.3. The Balaban J connectivity index is 2.31. The van der Waals surface area contributed by atoms with Crippen molar-refractivity contribution in [3.63, 3.8) is 0 Å². The number of nitrogens with one attached hydrogen (secondary N) is 1. The van der Waals surface area contributed by atoms with Gasteiger partial charge in [-0.05, 0) is 55.5 Å². The molecule has 4 nitrogen and oxygen atoms in total. The van der Waals surface area contributed by atoms with Gasteiger partial charge in [0.2, 0.25) is 11.8 Å². The van der Waals surface area contributed by atoms with Gasteiger partial charge in [0, 0.05) is 17.6 Å². The molecule has 0 heterocycles. The van der Waals surface area contributed by atoms with Crippen molar-refractivity contribution < 1.29 is 9.59 Å². The third-order valence-electron chi connectivity index (χ3n) is 5.23. The number of nitrogens with zero attached hydrogens (tertiary/aromatic N) is 1. The highest BCUT2D eigenvalue weighted by atomic mass is 35.5. The second-order valence-electron chi connectivity index (χ2n) is 7.50. The van der Waals surface area contributed by atoms with Crippen molar-refractivity contribution >= 4 is 23.4 Å². The smallest absolute Gasteiger partial charge is 0.243 e. The fourth-order valence-electron chi connectivity index (χ4n) is 3.25. The molecule has 0 radical (unpaired) electrons. The van der Waals surface area contributed by atoms with Crippen LogP contribution in [0.2, 0.25) is 5.02 Å². The number of rotatable bonds is 9. The first-order chi connectivity index (χ1) is 13.8. The van der Waals surface area contributed by atoms with Crippen molar-refractivity contribution in [2.45, 2.75) is 65.6 Å². The molecule has 5 heteroatoms. The summed E-state index contributed by atoms with van der Waals surface area (Å²) in [5.74, 6) is -0.184. The number of amides is 2. The highest BCUT2D eigenvalue weighted by Gasteiger charge is 2.29. The van der Waals surface area contributed by atoms with E-state index in [0.29, 0.717) is 18.0 Å². The molecule has 2 atom stereocenters. The van der Waals surface area contributed by atoms with E-state index in [-0.39, 0.29) is 24.3 Å². The normalized spacial score (nSPS) is 12.9. The summed E-state index contributed by atoms with van der Waals surface area (Å²) < 4.78 is 0. The van der Waals surface area contributed by atoms with Gasteiger partial charge in [0.15, 0.2) is 0 Å². The van der Waals surface area contributed by atoms with Crippen LogP contribution in [0.4, 0.5) is 0 Å². The lowest BCUT2D eigenvalue weighted by Crippen LogP contribution is -2.51. The zero-order chi connectivity index (χ0) is 21.4. The van der Waals surface area contributed by atoms with Gasteiger partial charge in [0.25, 0.3) is 0 Å². The molecule has 2 aromatic carbocycles. The summed E-state index contributed by atoms with van der Waals surface area (Å²) in [6, 6.07) is 14.8. The Morgan fingerprint density at radius 2 is 1.79 bits per heavy atom. The topological polar surface area (TPSA) is 49.4 Å². The molecule has 0 aliphatic rings. The maximum absolute atomic E-state index is 13.3. The molecule has 2 aromatic rings. The molecule has 0 unspecified atom stereocenters. The van der Waals surface area contributed by atoms with Crippen LogP contribution in [0.5, 0.6) is 0 Å². The second-order valence-corrected chi connectivity index (χ2v) is 7.93. The van der Waals surface area contributed by atoms with Crippen LogP contribution in [-0.2, 0) is 22.6 Å². The Bertz CT molecular complexity index is 837. The maximum Gasteiger partial charge on any atom is 0.243 e. The largest absolute Gasteiger partial charge is 0.352 e. The first kappa shape index (κ1) is 23.0. The molecule has 0 saturated carbocycles. The molecule has 0 aliphatic heterocycles. The predicted octanol–water partition coefficient (Wildman–Crippen LogP) is 4.91. The van der Waals surface area contributed by atoms with Crippen molar-refractivity contribution in [2.75, 3.05) is 0 Å². The standard InChI is InChI=1S/C24H31ClN2O2/c1-5-18(4)26-24(29)22(6-2)27(16-20-12-8-7-10-17(20)3)23(28)15-19-11-9-13-21(25)14-19/h7-14,18,22H,5-6,15-16H2,1-4H3,(H,26,29)/t18-,22-/m0/s1. The van der Waals surface area contributed by atoms with E-state index in [9.17, 15) is 9.59 Å². The van der Waals surface area contributed by atoms with Crippen molar-refractivity contribution in [1.82, 2.24) is 10.2 Å². The van der Waals surface area contributed by atoms with E-state index >= 15 is 0 Å². The Labute approximate surface area is 179 Å². The summed E-state index contributed by atoms with van der Waals surface area (Å²) in [4.78, 5) is 28.0. The van der Waals surface area contributed by atoms with Crippen molar-refractivity contribution in [3.05, 3.63) is 70.2 Å². The summed E-state index contributed by atoms with van der Waals surface area (Å²) >= 11 is 6.08. The van der Waals surface area contributed by atoms with Gasteiger partial charge in [-0.15, -0.1) is 0 Å². The van der Waals surface area contributed by atoms with Gasteiger partial charge < -0.3 is 10.2 Å². The highest BCUT2D eigenvalue weighted by molar-refractivity contribution is 6.30. The second kappa shape index (κ2) is 11.0. The fraction of sp³-hybridized carbons (Fsp3) is 0.417. The molecule has 0 spiro atoms. The number of aryl methyl sites for hydroxylation is 1. The number of carbonyl (C=O) groups excluding carboxylic acids is 2. The van der Waals surface area contributed by atoms with E-state index in [1.807, 2.05) is 64.1 Å². The van der Waals surface area contributed by atoms with Crippen molar-refractivity contribution in [3.8, 4) is 0 Å². The van der Waals surface area contributed by atoms with Crippen LogP contribution in [-0.4, -0.2) is 28.8 Å². The third kappa shape index (κ3) is 6.60. The summed E-state index contributed by atoms with van der Waals surface area (Å²) in [6.07, 6.45) is 1.60. The molecule has 0 fully saturated rings. The molecule has 0 aromatic heterocycles. The number of halogens is 1. The number of hydrogen-bond acceptors (Lipinski definition) is 2. The van der Waals surface area contributed by atoms with Gasteiger partial charge in [-0.1, -0.05) is 61.8 Å². The van der Waals surface area contributed by atoms with Crippen molar-refractivity contribution in [1.29, 1.82) is 0 Å². The third-order valence-corrected chi connectivity index (χ3v) is 5.47. The predicted molar refractivity (Wildman–Crippen MR) is 119 cm³/mol. The van der Waals surface area contributed by atoms with E-state index in [2.05, 4.69) is 5.32 Å². The lowest BCUT2D eigenvalue weighted by molar-refractivity contribution is -0.141. The van der Waals surface area contributed by atoms with E-state index in [1.54, 1.807) is 17.0 Å². The van der Waals surface area contributed by atoms with Crippen LogP contribution in [0.15, 0.2) is 48.5 Å². The van der Waals surface area contributed by atoms with Crippen LogP contribution in [0, 0.1) is 6.92 Å². The zero-order valence-electron chi connectivity index (χ0n) is 17.7. The first-order valence-corrected chi connectivity index (χ1v) is 10.6. The average Bonchev–Trinajstić information content (AvgIpc) is 2.69. The van der Waals surface area contributed by atoms with Crippen LogP contribution in [0.3, 0.4) is 0 Å². The Hall–Kier alpha value is -2.33. The highest BCUT2D eigenvalue weighted by Crippen LogP contribution is 2.18. The molecule has 156 valence electrons. The molecule has 2 rings (SSSR count). The lowest BCUT2D eigenvalue weighted by atomic mass is 10.0. The van der Waals surface area contributed by atoms with Gasteiger partial charge in [-0.3, -0.25) is 9.59 Å². The van der Waals surface area contributed by atoms with Gasteiger partial charge in [-0.25, -0.2) is 0 Å². The quantitative estimate of drug-likeness (QED) is 0.633. The van der Waals surface area contributed by atoms with Gasteiger partial charge in [0.1, 0.15) is 6.04 Å². The summed E-state index contributed by atoms with van der Waals surface area (Å²) in [5, 5.41) is 3.63. The minimum Gasteiger partial charge on any atom is -0.352 e. The Morgan fingerprint density at radius 3 is 2.41 bits per heavy atom. The number of hydrogen-bond donors (Lipinski definition) is 1. The van der Waals surface area contributed by atoms with Crippen LogP contribution in [0.1, 0.15) is 50.3 Å². The van der Waals surface area contributed by atoms with Gasteiger partial charge in [0.05, 0.1) is 6.42 Å². The SMILES string of the molecule is CC[C@H](C)NC(=O)[C@H](CC)N(Cc1ccccc1C)C(=O)Cc1cccc(Cl)c1. The molecule has 0 bridgehead atoms. The van der Waals surface area contributed by atoms with E-state index in [1.165, 1.54) is 0 Å².